The van der Waals surface area contributed by atoms with Crippen LogP contribution >= 0.6 is 0 Å². The smallest absolute Gasteiger partial charge is 0.189 e. The van der Waals surface area contributed by atoms with E-state index in [1.807, 2.05) is 38.1 Å². The Bertz CT molecular complexity index is 386. The average molecular weight is 158 g/mol. The number of ketones is 1. The van der Waals surface area contributed by atoms with Crippen LogP contribution in [0.5, 0.6) is 0 Å². The number of hydrogen-bond donors (Lipinski definition) is 0. The first-order valence-corrected chi connectivity index (χ1v) is 4.02. The second-order valence-electron chi connectivity index (χ2n) is 3.25. The fraction of sp³-hybridized carbons (Fsp3) is 0.182. The number of carbonyl (C=O) groups is 1. The number of carbonyl (C=O) groups excluding carboxylic acids is 1. The van der Waals surface area contributed by atoms with E-state index in [-0.39, 0.29) is 5.78 Å². The lowest BCUT2D eigenvalue weighted by Crippen LogP contribution is -1.95. The van der Waals surface area contributed by atoms with Crippen molar-refractivity contribution in [2.24, 2.45) is 0 Å². The van der Waals surface area contributed by atoms with Gasteiger partial charge in [0.25, 0.3) is 0 Å². The van der Waals surface area contributed by atoms with E-state index in [2.05, 4.69) is 0 Å². The van der Waals surface area contributed by atoms with Crippen molar-refractivity contribution in [3.63, 3.8) is 0 Å². The molecule has 0 heterocycles. The van der Waals surface area contributed by atoms with Crippen LogP contribution in [0.1, 0.15) is 28.4 Å². The van der Waals surface area contributed by atoms with Crippen molar-refractivity contribution in [3.8, 4) is 0 Å². The molecule has 0 radical (unpaired) electrons. The molecule has 1 aliphatic rings. The van der Waals surface area contributed by atoms with Crippen LogP contribution in [-0.2, 0) is 0 Å². The first-order valence-electron chi connectivity index (χ1n) is 4.02. The summed E-state index contributed by atoms with van der Waals surface area (Å²) in [6, 6.07) is 5.92. The third-order valence-corrected chi connectivity index (χ3v) is 2.18. The normalized spacial score (nSPS) is 14.5. The van der Waals surface area contributed by atoms with Crippen LogP contribution in [0.4, 0.5) is 0 Å². The zero-order valence-electron chi connectivity index (χ0n) is 7.22. The zero-order chi connectivity index (χ0) is 8.72. The number of Topliss-reactive ketones (excluding diaryl/α,β-unsaturated/α-hetero) is 1. The van der Waals surface area contributed by atoms with Crippen LogP contribution in [0.2, 0.25) is 0 Å². The van der Waals surface area contributed by atoms with Crippen molar-refractivity contribution in [1.82, 2.24) is 0 Å². The molecule has 0 bridgehead atoms. The molecule has 12 heavy (non-hydrogen) atoms. The van der Waals surface area contributed by atoms with E-state index in [9.17, 15) is 4.79 Å². The van der Waals surface area contributed by atoms with Gasteiger partial charge < -0.3 is 0 Å². The molecule has 0 saturated heterocycles. The van der Waals surface area contributed by atoms with E-state index in [1.165, 1.54) is 5.56 Å². The highest BCUT2D eigenvalue weighted by molar-refractivity contribution is 6.17. The maximum absolute atomic E-state index is 11.4. The van der Waals surface area contributed by atoms with Gasteiger partial charge in [-0.25, -0.2) is 0 Å². The zero-order valence-corrected chi connectivity index (χ0v) is 7.22. The molecule has 1 aromatic carbocycles. The quantitative estimate of drug-likeness (QED) is 0.567. The van der Waals surface area contributed by atoms with E-state index in [0.29, 0.717) is 0 Å². The molecular weight excluding hydrogens is 148 g/mol. The van der Waals surface area contributed by atoms with Gasteiger partial charge in [0.1, 0.15) is 0 Å². The lowest BCUT2D eigenvalue weighted by atomic mass is 10.1. The number of fused-ring (bicyclic) bond motifs is 1. The molecule has 2 rings (SSSR count). The Kier molecular flexibility index (Phi) is 1.40. The van der Waals surface area contributed by atoms with Crippen molar-refractivity contribution >= 4 is 11.9 Å². The number of aryl methyl sites for hydroxylation is 1. The first-order chi connectivity index (χ1) is 5.68. The van der Waals surface area contributed by atoms with Crippen molar-refractivity contribution in [2.75, 3.05) is 0 Å². The van der Waals surface area contributed by atoms with Crippen LogP contribution in [0.15, 0.2) is 23.8 Å². The minimum absolute atomic E-state index is 0.171. The van der Waals surface area contributed by atoms with Gasteiger partial charge in [0, 0.05) is 5.56 Å². The third-order valence-electron chi connectivity index (χ3n) is 2.18. The molecule has 1 heteroatoms. The molecule has 1 aromatic rings. The van der Waals surface area contributed by atoms with E-state index in [4.69, 9.17) is 0 Å². The SMILES string of the molecule is CC1=Cc2cc(C)ccc2C1=O. The van der Waals surface area contributed by atoms with Crippen LogP contribution in [-0.4, -0.2) is 5.78 Å². The summed E-state index contributed by atoms with van der Waals surface area (Å²) in [4.78, 5) is 11.4. The summed E-state index contributed by atoms with van der Waals surface area (Å²) in [5.74, 6) is 0.171. The Labute approximate surface area is 71.7 Å². The van der Waals surface area contributed by atoms with Gasteiger partial charge in [-0.05, 0) is 31.1 Å². The highest BCUT2D eigenvalue weighted by atomic mass is 16.1. The van der Waals surface area contributed by atoms with Gasteiger partial charge in [0.15, 0.2) is 5.78 Å². The predicted molar refractivity (Wildman–Crippen MR) is 49.2 cm³/mol. The monoisotopic (exact) mass is 158 g/mol. The molecule has 0 amide bonds. The Balaban J connectivity index is 2.65. The molecular formula is C11H10O. The molecule has 0 fully saturated rings. The summed E-state index contributed by atoms with van der Waals surface area (Å²) in [6.07, 6.45) is 1.95. The summed E-state index contributed by atoms with van der Waals surface area (Å²) in [7, 11) is 0. The number of allylic oxidation sites excluding steroid dienone is 1. The predicted octanol–water partition coefficient (Wildman–Crippen LogP) is 2.59. The van der Waals surface area contributed by atoms with E-state index >= 15 is 0 Å². The summed E-state index contributed by atoms with van der Waals surface area (Å²) in [5, 5.41) is 0. The van der Waals surface area contributed by atoms with Gasteiger partial charge in [0.2, 0.25) is 0 Å². The minimum atomic E-state index is 0.171. The van der Waals surface area contributed by atoms with Gasteiger partial charge in [-0.15, -0.1) is 0 Å². The molecule has 0 aliphatic heterocycles. The molecule has 1 nitrogen and oxygen atoms in total. The molecule has 0 N–H and O–H groups in total. The average Bonchev–Trinajstić information content (AvgIpc) is 2.28. The summed E-state index contributed by atoms with van der Waals surface area (Å²) in [5.41, 5.74) is 3.96. The van der Waals surface area contributed by atoms with Crippen molar-refractivity contribution in [2.45, 2.75) is 13.8 Å². The van der Waals surface area contributed by atoms with Crippen molar-refractivity contribution in [1.29, 1.82) is 0 Å². The summed E-state index contributed by atoms with van der Waals surface area (Å²) >= 11 is 0. The molecule has 0 spiro atoms. The van der Waals surface area contributed by atoms with Crippen molar-refractivity contribution < 1.29 is 4.79 Å². The number of rotatable bonds is 0. The fourth-order valence-electron chi connectivity index (χ4n) is 1.52. The van der Waals surface area contributed by atoms with Gasteiger partial charge in [0.05, 0.1) is 0 Å². The standard InChI is InChI=1S/C11H10O/c1-7-3-4-10-9(5-7)6-8(2)11(10)12/h3-6H,1-2H3. The van der Waals surface area contributed by atoms with Crippen LogP contribution < -0.4 is 0 Å². The van der Waals surface area contributed by atoms with E-state index in [0.717, 1.165) is 16.7 Å². The summed E-state index contributed by atoms with van der Waals surface area (Å²) in [6.45, 7) is 3.89. The Morgan fingerprint density at radius 2 is 1.92 bits per heavy atom. The van der Waals surface area contributed by atoms with E-state index < -0.39 is 0 Å². The first kappa shape index (κ1) is 7.29. The molecule has 60 valence electrons. The second-order valence-corrected chi connectivity index (χ2v) is 3.25. The highest BCUT2D eigenvalue weighted by Gasteiger charge is 2.18. The molecule has 1 aliphatic carbocycles. The van der Waals surface area contributed by atoms with Crippen molar-refractivity contribution in [3.05, 3.63) is 40.5 Å². The number of benzene rings is 1. The van der Waals surface area contributed by atoms with E-state index in [1.54, 1.807) is 0 Å². The van der Waals surface area contributed by atoms with Crippen LogP contribution in [0.3, 0.4) is 0 Å². The topological polar surface area (TPSA) is 17.1 Å². The molecule has 0 atom stereocenters. The highest BCUT2D eigenvalue weighted by Crippen LogP contribution is 2.25. The van der Waals surface area contributed by atoms with Gasteiger partial charge in [-0.3, -0.25) is 4.79 Å². The second kappa shape index (κ2) is 2.31. The number of hydrogen-bond acceptors (Lipinski definition) is 1. The maximum atomic E-state index is 11.4. The molecule has 0 unspecified atom stereocenters. The van der Waals surface area contributed by atoms with Crippen LogP contribution in [0, 0.1) is 6.92 Å². The van der Waals surface area contributed by atoms with Gasteiger partial charge in [-0.2, -0.15) is 0 Å². The summed E-state index contributed by atoms with van der Waals surface area (Å²) < 4.78 is 0. The Morgan fingerprint density at radius 3 is 2.67 bits per heavy atom. The minimum Gasteiger partial charge on any atom is -0.289 e. The lowest BCUT2D eigenvalue weighted by molar-refractivity contribution is 0.103. The van der Waals surface area contributed by atoms with Gasteiger partial charge in [-0.1, -0.05) is 23.8 Å². The fourth-order valence-corrected chi connectivity index (χ4v) is 1.52. The molecule has 0 aromatic heterocycles. The Morgan fingerprint density at radius 1 is 1.17 bits per heavy atom. The van der Waals surface area contributed by atoms with Crippen LogP contribution in [0.25, 0.3) is 6.08 Å². The third kappa shape index (κ3) is 0.900. The maximum Gasteiger partial charge on any atom is 0.189 e. The lowest BCUT2D eigenvalue weighted by Gasteiger charge is -1.97. The Hall–Kier alpha value is -1.37. The molecule has 0 saturated carbocycles. The van der Waals surface area contributed by atoms with Gasteiger partial charge >= 0.3 is 0 Å². The largest absolute Gasteiger partial charge is 0.289 e.